The molecule has 2 aromatic carbocycles. The molecule has 0 atom stereocenters. The molecule has 4 rings (SSSR count). The molecule has 0 aliphatic heterocycles. The highest BCUT2D eigenvalue weighted by molar-refractivity contribution is 7.11. The normalized spacial score (nSPS) is 11.2. The number of fused-ring (bicyclic) bond motifs is 1. The van der Waals surface area contributed by atoms with E-state index in [1.165, 1.54) is 11.3 Å². The Morgan fingerprint density at radius 1 is 1.24 bits per heavy atom. The summed E-state index contributed by atoms with van der Waals surface area (Å²) in [6, 6.07) is 18.5. The van der Waals surface area contributed by atoms with Gasteiger partial charge in [-0.25, -0.2) is 9.78 Å². The molecule has 0 saturated carbocycles. The van der Waals surface area contributed by atoms with E-state index in [4.69, 9.17) is 9.15 Å². The van der Waals surface area contributed by atoms with E-state index >= 15 is 0 Å². The van der Waals surface area contributed by atoms with E-state index in [9.17, 15) is 10.1 Å². The minimum atomic E-state index is -0.459. The number of hydrogen-bond donors (Lipinski definition) is 1. The summed E-state index contributed by atoms with van der Waals surface area (Å²) in [6.07, 6.45) is 1.59. The van der Waals surface area contributed by atoms with Gasteiger partial charge in [0.05, 0.1) is 18.4 Å². The molecular formula is C22H15N3O3S. The number of nitriles is 1. The highest BCUT2D eigenvalue weighted by atomic mass is 32.1. The third kappa shape index (κ3) is 3.88. The maximum atomic E-state index is 12.3. The molecule has 0 saturated heterocycles. The highest BCUT2D eigenvalue weighted by Crippen LogP contribution is 2.26. The number of aromatic nitrogens is 1. The average molecular weight is 401 g/mol. The first-order chi connectivity index (χ1) is 14.2. The molecule has 2 heterocycles. The molecule has 0 aliphatic rings. The van der Waals surface area contributed by atoms with Gasteiger partial charge in [0.15, 0.2) is 0 Å². The molecule has 6 nitrogen and oxygen atoms in total. The van der Waals surface area contributed by atoms with Gasteiger partial charge in [0.2, 0.25) is 0 Å². The number of para-hydroxylation sites is 1. The van der Waals surface area contributed by atoms with Gasteiger partial charge in [-0.2, -0.15) is 5.26 Å². The van der Waals surface area contributed by atoms with Crippen LogP contribution in [-0.2, 0) is 0 Å². The number of benzene rings is 2. The maximum Gasteiger partial charge on any atom is 0.345 e. The largest absolute Gasteiger partial charge is 0.497 e. The van der Waals surface area contributed by atoms with Crippen LogP contribution in [0.15, 0.2) is 75.4 Å². The summed E-state index contributed by atoms with van der Waals surface area (Å²) in [5.74, 6) is 0.749. The van der Waals surface area contributed by atoms with Crippen molar-refractivity contribution in [1.82, 2.24) is 4.98 Å². The number of rotatable bonds is 5. The number of nitrogens with one attached hydrogen (secondary N) is 1. The van der Waals surface area contributed by atoms with Crippen molar-refractivity contribution < 1.29 is 9.15 Å². The molecule has 4 aromatic rings. The second kappa shape index (κ2) is 8.00. The first-order valence-corrected chi connectivity index (χ1v) is 9.56. The number of nitrogens with zero attached hydrogens (tertiary/aromatic N) is 2. The van der Waals surface area contributed by atoms with E-state index in [0.29, 0.717) is 27.4 Å². The Morgan fingerprint density at radius 3 is 2.79 bits per heavy atom. The van der Waals surface area contributed by atoms with Crippen molar-refractivity contribution in [1.29, 1.82) is 5.26 Å². The molecule has 0 aliphatic carbocycles. The SMILES string of the molecule is COc1ccc(NC=C(C#N)c2nc(-c3cc4ccccc4oc3=O)cs2)cc1. The lowest BCUT2D eigenvalue weighted by atomic mass is 10.1. The lowest BCUT2D eigenvalue weighted by molar-refractivity contribution is 0.415. The summed E-state index contributed by atoms with van der Waals surface area (Å²) in [5, 5.41) is 15.7. The van der Waals surface area contributed by atoms with Crippen LogP contribution in [0.25, 0.3) is 27.8 Å². The van der Waals surface area contributed by atoms with E-state index in [2.05, 4.69) is 16.4 Å². The van der Waals surface area contributed by atoms with Crippen LogP contribution in [0.2, 0.25) is 0 Å². The van der Waals surface area contributed by atoms with Crippen LogP contribution in [0.3, 0.4) is 0 Å². The zero-order chi connectivity index (χ0) is 20.2. The molecule has 0 radical (unpaired) electrons. The Kier molecular flexibility index (Phi) is 5.10. The van der Waals surface area contributed by atoms with E-state index in [-0.39, 0.29) is 0 Å². The summed E-state index contributed by atoms with van der Waals surface area (Å²) in [4.78, 5) is 16.8. The Morgan fingerprint density at radius 2 is 2.03 bits per heavy atom. The molecule has 29 heavy (non-hydrogen) atoms. The third-order valence-electron chi connectivity index (χ3n) is 4.25. The minimum Gasteiger partial charge on any atom is -0.497 e. The molecule has 0 unspecified atom stereocenters. The molecule has 142 valence electrons. The highest BCUT2D eigenvalue weighted by Gasteiger charge is 2.13. The van der Waals surface area contributed by atoms with E-state index < -0.39 is 5.63 Å². The number of methoxy groups -OCH3 is 1. The van der Waals surface area contributed by atoms with E-state index in [1.807, 2.05) is 42.5 Å². The van der Waals surface area contributed by atoms with E-state index in [0.717, 1.165) is 16.8 Å². The predicted molar refractivity (Wildman–Crippen MR) is 114 cm³/mol. The van der Waals surface area contributed by atoms with Crippen LogP contribution in [0.4, 0.5) is 5.69 Å². The standard InChI is InChI=1S/C22H15N3O3S/c1-27-17-8-6-16(7-9-17)24-12-15(11-23)21-25-19(13-29-21)18-10-14-4-2-3-5-20(14)28-22(18)26/h2-10,12-13,24H,1H3. The lowest BCUT2D eigenvalue weighted by Crippen LogP contribution is -2.02. The van der Waals surface area contributed by atoms with Gasteiger partial charge in [0, 0.05) is 22.7 Å². The van der Waals surface area contributed by atoms with Gasteiger partial charge in [0.1, 0.15) is 28.0 Å². The van der Waals surface area contributed by atoms with Crippen LogP contribution < -0.4 is 15.7 Å². The van der Waals surface area contributed by atoms with Gasteiger partial charge in [-0.1, -0.05) is 18.2 Å². The smallest absolute Gasteiger partial charge is 0.345 e. The molecule has 0 spiro atoms. The van der Waals surface area contributed by atoms with Crippen molar-refractivity contribution in [3.63, 3.8) is 0 Å². The summed E-state index contributed by atoms with van der Waals surface area (Å²) in [5.41, 5.74) is 2.09. The van der Waals surface area contributed by atoms with Crippen molar-refractivity contribution in [3.8, 4) is 23.1 Å². The number of anilines is 1. The monoisotopic (exact) mass is 401 g/mol. The van der Waals surface area contributed by atoms with Crippen LogP contribution in [0.5, 0.6) is 5.75 Å². The molecule has 0 amide bonds. The zero-order valence-electron chi connectivity index (χ0n) is 15.4. The molecule has 0 bridgehead atoms. The second-order valence-electron chi connectivity index (χ2n) is 6.07. The Balaban J connectivity index is 1.62. The molecule has 0 fully saturated rings. The topological polar surface area (TPSA) is 88.2 Å². The maximum absolute atomic E-state index is 12.3. The van der Waals surface area contributed by atoms with Crippen molar-refractivity contribution in [2.24, 2.45) is 0 Å². The summed E-state index contributed by atoms with van der Waals surface area (Å²) >= 11 is 1.29. The van der Waals surface area contributed by atoms with Gasteiger partial charge in [-0.3, -0.25) is 0 Å². The fraction of sp³-hybridized carbons (Fsp3) is 0.0455. The van der Waals surface area contributed by atoms with Crippen LogP contribution in [0.1, 0.15) is 5.01 Å². The second-order valence-corrected chi connectivity index (χ2v) is 6.92. The van der Waals surface area contributed by atoms with Crippen molar-refractivity contribution in [3.05, 3.63) is 81.6 Å². The van der Waals surface area contributed by atoms with Crippen molar-refractivity contribution >= 4 is 33.6 Å². The quantitative estimate of drug-likeness (QED) is 0.378. The van der Waals surface area contributed by atoms with Gasteiger partial charge in [-0.05, 0) is 36.4 Å². The van der Waals surface area contributed by atoms with E-state index in [1.54, 1.807) is 30.8 Å². The minimum absolute atomic E-state index is 0.363. The van der Waals surface area contributed by atoms with Gasteiger partial charge in [0.25, 0.3) is 0 Å². The van der Waals surface area contributed by atoms with Crippen LogP contribution >= 0.6 is 11.3 Å². The van der Waals surface area contributed by atoms with Crippen molar-refractivity contribution in [2.45, 2.75) is 0 Å². The van der Waals surface area contributed by atoms with Crippen LogP contribution in [0, 0.1) is 11.3 Å². The Labute approximate surface area is 170 Å². The first kappa shape index (κ1) is 18.5. The molecular weight excluding hydrogens is 386 g/mol. The first-order valence-electron chi connectivity index (χ1n) is 8.68. The predicted octanol–water partition coefficient (Wildman–Crippen LogP) is 4.90. The number of allylic oxidation sites excluding steroid dienone is 1. The number of ether oxygens (including phenoxy) is 1. The van der Waals surface area contributed by atoms with Crippen LogP contribution in [-0.4, -0.2) is 12.1 Å². The summed E-state index contributed by atoms with van der Waals surface area (Å²) in [7, 11) is 1.60. The average Bonchev–Trinajstić information content (AvgIpc) is 3.24. The van der Waals surface area contributed by atoms with Gasteiger partial charge in [-0.15, -0.1) is 11.3 Å². The number of hydrogen-bond acceptors (Lipinski definition) is 7. The van der Waals surface area contributed by atoms with Crippen molar-refractivity contribution in [2.75, 3.05) is 12.4 Å². The lowest BCUT2D eigenvalue weighted by Gasteiger charge is -2.03. The summed E-state index contributed by atoms with van der Waals surface area (Å²) < 4.78 is 10.5. The Hall–Kier alpha value is -3.89. The zero-order valence-corrected chi connectivity index (χ0v) is 16.2. The fourth-order valence-electron chi connectivity index (χ4n) is 2.75. The summed E-state index contributed by atoms with van der Waals surface area (Å²) in [6.45, 7) is 0. The third-order valence-corrected chi connectivity index (χ3v) is 5.12. The van der Waals surface area contributed by atoms with Gasteiger partial charge < -0.3 is 14.5 Å². The Bertz CT molecular complexity index is 1300. The molecule has 2 aromatic heterocycles. The number of thiazole rings is 1. The fourth-order valence-corrected chi connectivity index (χ4v) is 3.53. The molecule has 7 heteroatoms. The van der Waals surface area contributed by atoms with Gasteiger partial charge >= 0.3 is 5.63 Å². The molecule has 1 N–H and O–H groups in total.